The predicted octanol–water partition coefficient (Wildman–Crippen LogP) is 3.35. The average molecular weight is 368 g/mol. The van der Waals surface area contributed by atoms with E-state index in [1.54, 1.807) is 26.2 Å². The number of nitrogens with zero attached hydrogens (tertiary/aromatic N) is 2. The largest absolute Gasteiger partial charge is 0.496 e. The number of fused-ring (bicyclic) bond motifs is 1. The van der Waals surface area contributed by atoms with E-state index >= 15 is 0 Å². The Hall–Kier alpha value is -3.15. The van der Waals surface area contributed by atoms with Crippen LogP contribution in [0.2, 0.25) is 0 Å². The number of amides is 1. The van der Waals surface area contributed by atoms with Crippen molar-refractivity contribution < 1.29 is 19.0 Å². The van der Waals surface area contributed by atoms with Gasteiger partial charge in [-0.25, -0.2) is 0 Å². The summed E-state index contributed by atoms with van der Waals surface area (Å²) in [4.78, 5) is 14.6. The van der Waals surface area contributed by atoms with Crippen LogP contribution in [0.4, 0.5) is 0 Å². The van der Waals surface area contributed by atoms with Crippen molar-refractivity contribution in [2.24, 2.45) is 7.05 Å². The molecular formula is C21H24N2O4. The summed E-state index contributed by atoms with van der Waals surface area (Å²) in [6, 6.07) is 15.1. The van der Waals surface area contributed by atoms with Gasteiger partial charge in [0.2, 0.25) is 0 Å². The van der Waals surface area contributed by atoms with Crippen LogP contribution in [0.1, 0.15) is 10.5 Å². The second kappa shape index (κ2) is 8.03. The maximum absolute atomic E-state index is 12.9. The van der Waals surface area contributed by atoms with Crippen LogP contribution in [0.5, 0.6) is 17.2 Å². The van der Waals surface area contributed by atoms with E-state index in [2.05, 4.69) is 0 Å². The van der Waals surface area contributed by atoms with Crippen LogP contribution in [0.15, 0.2) is 48.5 Å². The lowest BCUT2D eigenvalue weighted by atomic mass is 10.2. The van der Waals surface area contributed by atoms with E-state index in [4.69, 9.17) is 14.2 Å². The molecule has 0 unspecified atom stereocenters. The number of aryl methyl sites for hydroxylation is 1. The smallest absolute Gasteiger partial charge is 0.270 e. The number of hydrogen-bond acceptors (Lipinski definition) is 4. The second-order valence-electron chi connectivity index (χ2n) is 6.21. The molecule has 0 atom stereocenters. The zero-order valence-electron chi connectivity index (χ0n) is 16.1. The van der Waals surface area contributed by atoms with Gasteiger partial charge in [-0.2, -0.15) is 0 Å². The molecule has 1 heterocycles. The number of hydrogen-bond donors (Lipinski definition) is 0. The van der Waals surface area contributed by atoms with E-state index in [9.17, 15) is 4.79 Å². The molecule has 0 aliphatic carbocycles. The Balaban J connectivity index is 1.79. The van der Waals surface area contributed by atoms with E-state index in [0.717, 1.165) is 16.7 Å². The molecule has 0 aliphatic heterocycles. The molecule has 6 heteroatoms. The molecule has 0 radical (unpaired) electrons. The molecule has 1 amide bonds. The minimum absolute atomic E-state index is 0.0885. The number of benzene rings is 2. The quantitative estimate of drug-likeness (QED) is 0.642. The van der Waals surface area contributed by atoms with Crippen LogP contribution in [0.25, 0.3) is 10.9 Å². The van der Waals surface area contributed by atoms with Gasteiger partial charge in [0.15, 0.2) is 0 Å². The monoisotopic (exact) mass is 368 g/mol. The van der Waals surface area contributed by atoms with Crippen LogP contribution < -0.4 is 14.2 Å². The lowest BCUT2D eigenvalue weighted by molar-refractivity contribution is 0.0765. The molecule has 3 rings (SSSR count). The van der Waals surface area contributed by atoms with Crippen LogP contribution in [-0.2, 0) is 7.05 Å². The highest BCUT2D eigenvalue weighted by Crippen LogP contribution is 2.35. The number of carbonyl (C=O) groups excluding carboxylic acids is 1. The van der Waals surface area contributed by atoms with Gasteiger partial charge in [-0.3, -0.25) is 4.79 Å². The maximum atomic E-state index is 12.9. The molecule has 6 nitrogen and oxygen atoms in total. The van der Waals surface area contributed by atoms with Crippen molar-refractivity contribution in [2.75, 3.05) is 34.4 Å². The Morgan fingerprint density at radius 3 is 2.37 bits per heavy atom. The number of methoxy groups -OCH3 is 2. The molecule has 3 aromatic rings. The highest BCUT2D eigenvalue weighted by molar-refractivity contribution is 6.02. The molecule has 27 heavy (non-hydrogen) atoms. The summed E-state index contributed by atoms with van der Waals surface area (Å²) in [6.45, 7) is 0.895. The van der Waals surface area contributed by atoms with E-state index in [1.165, 1.54) is 0 Å². The molecule has 0 bridgehead atoms. The molecular weight excluding hydrogens is 344 g/mol. The van der Waals surface area contributed by atoms with Crippen molar-refractivity contribution in [3.63, 3.8) is 0 Å². The van der Waals surface area contributed by atoms with Crippen molar-refractivity contribution in [2.45, 2.75) is 0 Å². The van der Waals surface area contributed by atoms with Crippen molar-refractivity contribution in [1.82, 2.24) is 9.47 Å². The standard InChI is InChI=1S/C21H24N2O4/c1-22(12-13-27-15-8-6-5-7-9-15)21(24)17-14-16-18(25-3)10-11-19(26-4)20(16)23(17)2/h5-11,14H,12-13H2,1-4H3. The topological polar surface area (TPSA) is 52.9 Å². The third-order valence-corrected chi connectivity index (χ3v) is 4.56. The first-order valence-corrected chi connectivity index (χ1v) is 8.70. The third kappa shape index (κ3) is 3.69. The van der Waals surface area contributed by atoms with Crippen LogP contribution >= 0.6 is 0 Å². The average Bonchev–Trinajstić information content (AvgIpc) is 3.05. The number of aromatic nitrogens is 1. The Bertz CT molecular complexity index is 934. The lowest BCUT2D eigenvalue weighted by Crippen LogP contribution is -2.32. The summed E-state index contributed by atoms with van der Waals surface area (Å²) in [6.07, 6.45) is 0. The normalized spacial score (nSPS) is 10.7. The highest BCUT2D eigenvalue weighted by atomic mass is 16.5. The highest BCUT2D eigenvalue weighted by Gasteiger charge is 2.21. The van der Waals surface area contributed by atoms with Crippen LogP contribution in [-0.4, -0.2) is 49.8 Å². The van der Waals surface area contributed by atoms with Gasteiger partial charge in [-0.15, -0.1) is 0 Å². The van der Waals surface area contributed by atoms with Gasteiger partial charge in [0, 0.05) is 19.5 Å². The van der Waals surface area contributed by atoms with Gasteiger partial charge in [0.25, 0.3) is 5.91 Å². The van der Waals surface area contributed by atoms with Crippen LogP contribution in [0.3, 0.4) is 0 Å². The minimum Gasteiger partial charge on any atom is -0.496 e. The zero-order chi connectivity index (χ0) is 19.4. The second-order valence-corrected chi connectivity index (χ2v) is 6.21. The van der Waals surface area contributed by atoms with Gasteiger partial charge in [0.1, 0.15) is 29.5 Å². The number of rotatable bonds is 7. The Labute approximate surface area is 158 Å². The lowest BCUT2D eigenvalue weighted by Gasteiger charge is -2.18. The summed E-state index contributed by atoms with van der Waals surface area (Å²) in [5.41, 5.74) is 1.39. The Kier molecular flexibility index (Phi) is 5.54. The molecule has 0 fully saturated rings. The summed E-state index contributed by atoms with van der Waals surface area (Å²) >= 11 is 0. The van der Waals surface area contributed by atoms with Gasteiger partial charge < -0.3 is 23.7 Å². The third-order valence-electron chi connectivity index (χ3n) is 4.56. The first kappa shape index (κ1) is 18.6. The number of likely N-dealkylation sites (N-methyl/N-ethyl adjacent to an activating group) is 1. The first-order valence-electron chi connectivity index (χ1n) is 8.70. The van der Waals surface area contributed by atoms with E-state index in [1.807, 2.05) is 60.1 Å². The molecule has 142 valence electrons. The summed E-state index contributed by atoms with van der Waals surface area (Å²) in [7, 11) is 6.85. The molecule has 0 N–H and O–H groups in total. The summed E-state index contributed by atoms with van der Waals surface area (Å²) in [5.74, 6) is 2.10. The number of para-hydroxylation sites is 1. The van der Waals surface area contributed by atoms with E-state index in [0.29, 0.717) is 30.3 Å². The maximum Gasteiger partial charge on any atom is 0.270 e. The van der Waals surface area contributed by atoms with Crippen molar-refractivity contribution in [1.29, 1.82) is 0 Å². The molecule has 0 saturated carbocycles. The van der Waals surface area contributed by atoms with Crippen molar-refractivity contribution in [3.8, 4) is 17.2 Å². The van der Waals surface area contributed by atoms with Gasteiger partial charge >= 0.3 is 0 Å². The fourth-order valence-electron chi connectivity index (χ4n) is 3.07. The SMILES string of the molecule is COc1ccc(OC)c2c1cc(C(=O)N(C)CCOc1ccccc1)n2C. The number of ether oxygens (including phenoxy) is 3. The summed E-state index contributed by atoms with van der Waals surface area (Å²) < 4.78 is 18.4. The Morgan fingerprint density at radius 1 is 1.04 bits per heavy atom. The van der Waals surface area contributed by atoms with E-state index in [-0.39, 0.29) is 5.91 Å². The first-order chi connectivity index (χ1) is 13.1. The van der Waals surface area contributed by atoms with Crippen molar-refractivity contribution in [3.05, 3.63) is 54.2 Å². The Morgan fingerprint density at radius 2 is 1.70 bits per heavy atom. The van der Waals surface area contributed by atoms with Gasteiger partial charge in [-0.05, 0) is 30.3 Å². The summed E-state index contributed by atoms with van der Waals surface area (Å²) in [5, 5.41) is 0.844. The zero-order valence-corrected chi connectivity index (χ0v) is 16.1. The molecule has 1 aromatic heterocycles. The fraction of sp³-hybridized carbons (Fsp3) is 0.286. The van der Waals surface area contributed by atoms with Crippen LogP contribution in [0, 0.1) is 0 Å². The molecule has 0 aliphatic rings. The fourth-order valence-corrected chi connectivity index (χ4v) is 3.07. The van der Waals surface area contributed by atoms with Crippen molar-refractivity contribution >= 4 is 16.8 Å². The van der Waals surface area contributed by atoms with E-state index < -0.39 is 0 Å². The molecule has 0 spiro atoms. The minimum atomic E-state index is -0.0885. The van der Waals surface area contributed by atoms with Gasteiger partial charge in [-0.1, -0.05) is 18.2 Å². The number of carbonyl (C=O) groups is 1. The molecule has 0 saturated heterocycles. The predicted molar refractivity (Wildman–Crippen MR) is 105 cm³/mol. The molecule has 2 aromatic carbocycles. The van der Waals surface area contributed by atoms with Gasteiger partial charge in [0.05, 0.1) is 26.3 Å².